The van der Waals surface area contributed by atoms with Crippen LogP contribution in [0.4, 0.5) is 0 Å². The van der Waals surface area contributed by atoms with Crippen LogP contribution >= 0.6 is 12.2 Å². The van der Waals surface area contributed by atoms with E-state index in [1.54, 1.807) is 19.5 Å². The molecule has 1 aromatic heterocycles. The van der Waals surface area contributed by atoms with Gasteiger partial charge in [0.25, 0.3) is 0 Å². The normalized spacial score (nSPS) is 12.3. The molecular weight excluding hydrogens is 310 g/mol. The van der Waals surface area contributed by atoms with Crippen LogP contribution in [0.2, 0.25) is 0 Å². The van der Waals surface area contributed by atoms with Crippen LogP contribution in [0.15, 0.2) is 47.8 Å². The highest BCUT2D eigenvalue weighted by atomic mass is 32.1. The first-order valence-electron chi connectivity index (χ1n) is 7.32. The molecule has 0 fully saturated rings. The molecule has 23 heavy (non-hydrogen) atoms. The lowest BCUT2D eigenvalue weighted by molar-refractivity contribution is 0.179. The Morgan fingerprint density at radius 1 is 1.43 bits per heavy atom. The Kier molecular flexibility index (Phi) is 6.71. The third-order valence-corrected chi connectivity index (χ3v) is 3.22. The molecule has 0 aliphatic carbocycles. The van der Waals surface area contributed by atoms with E-state index >= 15 is 0 Å². The van der Waals surface area contributed by atoms with Crippen LogP contribution in [-0.4, -0.2) is 40.9 Å². The summed E-state index contributed by atoms with van der Waals surface area (Å²) < 4.78 is 6.90. The minimum Gasteiger partial charge on any atom is -0.383 e. The smallest absolute Gasteiger partial charge is 0.187 e. The quantitative estimate of drug-likeness (QED) is 0.460. The molecule has 0 aliphatic rings. The van der Waals surface area contributed by atoms with E-state index in [0.717, 1.165) is 12.1 Å². The van der Waals surface area contributed by atoms with Gasteiger partial charge in [0.05, 0.1) is 25.6 Å². The molecule has 6 nitrogen and oxygen atoms in total. The van der Waals surface area contributed by atoms with Gasteiger partial charge < -0.3 is 10.1 Å². The van der Waals surface area contributed by atoms with E-state index in [2.05, 4.69) is 33.1 Å². The monoisotopic (exact) mass is 331 g/mol. The van der Waals surface area contributed by atoms with Crippen molar-refractivity contribution in [3.63, 3.8) is 0 Å². The number of thiocarbonyl (C=S) groups is 1. The van der Waals surface area contributed by atoms with Crippen molar-refractivity contribution in [3.8, 4) is 0 Å². The van der Waals surface area contributed by atoms with Gasteiger partial charge in [-0.1, -0.05) is 30.3 Å². The molecule has 0 spiro atoms. The lowest BCUT2D eigenvalue weighted by atomic mass is 10.2. The summed E-state index contributed by atoms with van der Waals surface area (Å²) in [4.78, 5) is 0. The zero-order valence-corrected chi connectivity index (χ0v) is 14.1. The second-order valence-corrected chi connectivity index (χ2v) is 5.56. The fraction of sp³-hybridized carbons (Fsp3) is 0.312. The van der Waals surface area contributed by atoms with Crippen molar-refractivity contribution in [1.29, 1.82) is 0 Å². The van der Waals surface area contributed by atoms with Crippen LogP contribution in [0.1, 0.15) is 18.1 Å². The molecule has 2 aromatic rings. The van der Waals surface area contributed by atoms with Gasteiger partial charge in [0.2, 0.25) is 0 Å². The first-order chi connectivity index (χ1) is 11.2. The first kappa shape index (κ1) is 17.1. The van der Waals surface area contributed by atoms with Gasteiger partial charge in [0.15, 0.2) is 5.11 Å². The number of rotatable bonds is 7. The molecule has 0 aliphatic heterocycles. The van der Waals surface area contributed by atoms with E-state index in [-0.39, 0.29) is 6.04 Å². The summed E-state index contributed by atoms with van der Waals surface area (Å²) in [7, 11) is 1.65. The number of methoxy groups -OCH3 is 1. The zero-order valence-electron chi connectivity index (χ0n) is 13.3. The molecule has 1 aromatic carbocycles. The van der Waals surface area contributed by atoms with Crippen molar-refractivity contribution in [3.05, 3.63) is 53.9 Å². The molecule has 0 saturated heterocycles. The van der Waals surface area contributed by atoms with Gasteiger partial charge in [-0.05, 0) is 24.7 Å². The summed E-state index contributed by atoms with van der Waals surface area (Å²) in [5.41, 5.74) is 4.88. The summed E-state index contributed by atoms with van der Waals surface area (Å²) in [6.45, 7) is 3.29. The summed E-state index contributed by atoms with van der Waals surface area (Å²) in [6.07, 6.45) is 5.38. The molecular formula is C16H21N5OS. The van der Waals surface area contributed by atoms with Crippen LogP contribution in [0.3, 0.4) is 0 Å². The lowest BCUT2D eigenvalue weighted by Crippen LogP contribution is -2.40. The second kappa shape index (κ2) is 9.02. The number of aromatic nitrogens is 2. The van der Waals surface area contributed by atoms with Crippen molar-refractivity contribution >= 4 is 23.5 Å². The van der Waals surface area contributed by atoms with Gasteiger partial charge in [-0.3, -0.25) is 10.1 Å². The van der Waals surface area contributed by atoms with Crippen LogP contribution in [0.25, 0.3) is 0 Å². The van der Waals surface area contributed by atoms with Crippen molar-refractivity contribution in [2.24, 2.45) is 5.10 Å². The lowest BCUT2D eigenvalue weighted by Gasteiger charge is -2.13. The second-order valence-electron chi connectivity index (χ2n) is 5.16. The molecule has 0 saturated carbocycles. The molecule has 2 rings (SSSR count). The maximum Gasteiger partial charge on any atom is 0.187 e. The van der Waals surface area contributed by atoms with Gasteiger partial charge in [0, 0.05) is 24.9 Å². The van der Waals surface area contributed by atoms with Gasteiger partial charge >= 0.3 is 0 Å². The highest BCUT2D eigenvalue weighted by molar-refractivity contribution is 7.80. The third kappa shape index (κ3) is 6.17. The molecule has 0 amide bonds. The van der Waals surface area contributed by atoms with E-state index in [0.29, 0.717) is 11.7 Å². The Hall–Kier alpha value is -2.25. The number of nitrogens with zero attached hydrogens (tertiary/aromatic N) is 3. The van der Waals surface area contributed by atoms with E-state index < -0.39 is 0 Å². The van der Waals surface area contributed by atoms with Crippen molar-refractivity contribution in [2.75, 3.05) is 13.7 Å². The number of hydrogen-bond acceptors (Lipinski definition) is 4. The van der Waals surface area contributed by atoms with E-state index in [4.69, 9.17) is 17.0 Å². The molecule has 0 unspecified atom stereocenters. The first-order valence-corrected chi connectivity index (χ1v) is 7.73. The van der Waals surface area contributed by atoms with Crippen LogP contribution in [-0.2, 0) is 11.3 Å². The summed E-state index contributed by atoms with van der Waals surface area (Å²) in [5, 5.41) is 11.9. The average Bonchev–Trinajstić information content (AvgIpc) is 2.96. The molecule has 2 N–H and O–H groups in total. The standard InChI is InChI=1S/C16H21N5OS/c1-13(12-22-2)19-16(23)20-17-8-15-9-18-21(11-15)10-14-6-4-3-5-7-14/h3-9,11,13H,10,12H2,1-2H3,(H2,19,20,23)/b17-8-/t13-/m0/s1. The minimum absolute atomic E-state index is 0.129. The van der Waals surface area contributed by atoms with E-state index in [1.165, 1.54) is 5.56 Å². The fourth-order valence-electron chi connectivity index (χ4n) is 2.02. The Bertz CT molecular complexity index is 641. The van der Waals surface area contributed by atoms with Crippen LogP contribution < -0.4 is 10.7 Å². The minimum atomic E-state index is 0.129. The summed E-state index contributed by atoms with van der Waals surface area (Å²) in [5.74, 6) is 0. The van der Waals surface area contributed by atoms with Gasteiger partial charge in [-0.25, -0.2) is 0 Å². The van der Waals surface area contributed by atoms with Crippen LogP contribution in [0, 0.1) is 0 Å². The predicted octanol–water partition coefficient (Wildman–Crippen LogP) is 1.76. The number of nitrogens with one attached hydrogen (secondary N) is 2. The van der Waals surface area contributed by atoms with Crippen molar-refractivity contribution in [1.82, 2.24) is 20.5 Å². The molecule has 0 bridgehead atoms. The van der Waals surface area contributed by atoms with Gasteiger partial charge in [-0.2, -0.15) is 10.2 Å². The van der Waals surface area contributed by atoms with E-state index in [9.17, 15) is 0 Å². The topological polar surface area (TPSA) is 63.5 Å². The zero-order chi connectivity index (χ0) is 16.5. The van der Waals surface area contributed by atoms with Crippen LogP contribution in [0.5, 0.6) is 0 Å². The van der Waals surface area contributed by atoms with Crippen molar-refractivity contribution < 1.29 is 4.74 Å². The number of ether oxygens (including phenoxy) is 1. The fourth-order valence-corrected chi connectivity index (χ4v) is 2.27. The largest absolute Gasteiger partial charge is 0.383 e. The highest BCUT2D eigenvalue weighted by Gasteiger charge is 2.02. The Balaban J connectivity index is 1.81. The highest BCUT2D eigenvalue weighted by Crippen LogP contribution is 2.02. The molecule has 122 valence electrons. The van der Waals surface area contributed by atoms with Gasteiger partial charge in [-0.15, -0.1) is 0 Å². The molecule has 1 heterocycles. The number of hydrogen-bond donors (Lipinski definition) is 2. The molecule has 7 heteroatoms. The Morgan fingerprint density at radius 3 is 2.96 bits per heavy atom. The molecule has 0 radical (unpaired) electrons. The number of hydrazone groups is 1. The predicted molar refractivity (Wildman–Crippen MR) is 95.6 cm³/mol. The maximum absolute atomic E-state index is 5.14. The Labute approximate surface area is 141 Å². The molecule has 1 atom stereocenters. The Morgan fingerprint density at radius 2 is 2.22 bits per heavy atom. The SMILES string of the molecule is COC[C@H](C)NC(=S)N/N=C\c1cnn(Cc2ccccc2)c1. The van der Waals surface area contributed by atoms with E-state index in [1.807, 2.05) is 36.0 Å². The average molecular weight is 331 g/mol. The maximum atomic E-state index is 5.14. The summed E-state index contributed by atoms with van der Waals surface area (Å²) >= 11 is 5.14. The summed E-state index contributed by atoms with van der Waals surface area (Å²) in [6, 6.07) is 10.3. The van der Waals surface area contributed by atoms with Gasteiger partial charge in [0.1, 0.15) is 0 Å². The van der Waals surface area contributed by atoms with Crippen molar-refractivity contribution in [2.45, 2.75) is 19.5 Å². The number of benzene rings is 1. The third-order valence-electron chi connectivity index (χ3n) is 3.01.